The fourth-order valence-corrected chi connectivity index (χ4v) is 4.02. The van der Waals surface area contributed by atoms with Crippen molar-refractivity contribution in [3.63, 3.8) is 0 Å². The Balaban J connectivity index is 0.000000245. The molecule has 0 bridgehead atoms. The summed E-state index contributed by atoms with van der Waals surface area (Å²) in [6.45, 7) is 1.92. The van der Waals surface area contributed by atoms with E-state index in [1.807, 2.05) is 0 Å². The van der Waals surface area contributed by atoms with Crippen molar-refractivity contribution < 1.29 is 24.6 Å². The molecule has 0 saturated heterocycles. The number of rotatable bonds is 9. The standard InChI is InChI=1S/C19H20N8O5.C5H4N4O.C5H6N2O2/c20-15-14-16(27-19(21)26-15)23-8-11(24-14)7-22-10-3-1-9(2-4-10)17(30)25-12(18(31)32)5-6-13(28)29;10-5-3-4(7-1-6-3)8-2-9-5;1-3-2-6-5(9)7-4(3)8/h1-4,8,12,22H,5-7H2,(H,25,30)(H,28,29)(H,31,32)(H4,20,21,23,26,27);1-2H,(H2,6,7,8,9,10);2H,1H3,(H2,6,7,8,9). The zero-order valence-electron chi connectivity index (χ0n) is 26.5. The monoisotopic (exact) mass is 702 g/mol. The number of nitrogens with two attached hydrogens (primary N) is 2. The number of carboxylic acid groups (broad SMARTS) is 2. The number of nitrogens with zero attached hydrogens (tertiary/aromatic N) is 6. The van der Waals surface area contributed by atoms with Gasteiger partial charge in [-0.2, -0.15) is 9.97 Å². The Morgan fingerprint density at radius 1 is 0.882 bits per heavy atom. The summed E-state index contributed by atoms with van der Waals surface area (Å²) in [5.41, 5.74) is 13.8. The molecule has 0 aliphatic rings. The molecule has 264 valence electrons. The quantitative estimate of drug-likeness (QED) is 0.0886. The summed E-state index contributed by atoms with van der Waals surface area (Å²) in [4.78, 5) is 99.4. The third-order valence-corrected chi connectivity index (χ3v) is 6.61. The van der Waals surface area contributed by atoms with Gasteiger partial charge < -0.3 is 47.3 Å². The molecule has 0 aliphatic carbocycles. The van der Waals surface area contributed by atoms with Crippen LogP contribution in [-0.4, -0.2) is 83.9 Å². The van der Waals surface area contributed by atoms with Crippen LogP contribution in [0.5, 0.6) is 0 Å². The SMILES string of the molecule is Cc1c[nH]c(=O)[nH]c1=O.Nc1nc(N)c2nc(CNc3ccc(C(=O)NC(CCC(=O)O)C(=O)O)cc3)cnc2n1.O=c1[nH]cnc2nc[nH]c12. The minimum atomic E-state index is -1.30. The van der Waals surface area contributed by atoms with Gasteiger partial charge in [0.05, 0.1) is 31.1 Å². The smallest absolute Gasteiger partial charge is 0.326 e. The van der Waals surface area contributed by atoms with Gasteiger partial charge in [0.15, 0.2) is 28.1 Å². The molecule has 0 aliphatic heterocycles. The summed E-state index contributed by atoms with van der Waals surface area (Å²) < 4.78 is 0. The molecule has 1 amide bonds. The van der Waals surface area contributed by atoms with E-state index in [2.05, 4.69) is 60.5 Å². The molecule has 0 saturated carbocycles. The number of carboxylic acids is 2. The molecule has 22 nitrogen and oxygen atoms in total. The summed E-state index contributed by atoms with van der Waals surface area (Å²) in [6.07, 6.45) is 5.07. The van der Waals surface area contributed by atoms with Crippen LogP contribution in [0.15, 0.2) is 63.7 Å². The molecule has 12 N–H and O–H groups in total. The minimum Gasteiger partial charge on any atom is -0.481 e. The Morgan fingerprint density at radius 3 is 2.22 bits per heavy atom. The maximum Gasteiger partial charge on any atom is 0.326 e. The molecule has 0 spiro atoms. The topological polar surface area (TPSA) is 359 Å². The van der Waals surface area contributed by atoms with Crippen LogP contribution in [0.1, 0.15) is 34.5 Å². The lowest BCUT2D eigenvalue weighted by molar-refractivity contribution is -0.140. The predicted octanol–water partition coefficient (Wildman–Crippen LogP) is -0.738. The summed E-state index contributed by atoms with van der Waals surface area (Å²) in [7, 11) is 0. The van der Waals surface area contributed by atoms with Crippen LogP contribution >= 0.6 is 0 Å². The highest BCUT2D eigenvalue weighted by atomic mass is 16.4. The predicted molar refractivity (Wildman–Crippen MR) is 180 cm³/mol. The molecule has 5 aromatic heterocycles. The zero-order chi connectivity index (χ0) is 37.1. The van der Waals surface area contributed by atoms with Crippen LogP contribution in [0.3, 0.4) is 0 Å². The van der Waals surface area contributed by atoms with E-state index in [0.717, 1.165) is 0 Å². The second-order valence-electron chi connectivity index (χ2n) is 10.3. The molecule has 0 radical (unpaired) electrons. The lowest BCUT2D eigenvalue weighted by Gasteiger charge is -2.14. The Kier molecular flexibility index (Phi) is 11.8. The normalized spacial score (nSPS) is 11.0. The molecular weight excluding hydrogens is 672 g/mol. The van der Waals surface area contributed by atoms with Crippen molar-refractivity contribution in [1.82, 2.24) is 55.2 Å². The number of hydrogen-bond acceptors (Lipinski definition) is 15. The number of carbonyl (C=O) groups is 3. The number of hydrogen-bond donors (Lipinski definition) is 10. The van der Waals surface area contributed by atoms with Gasteiger partial charge in [-0.3, -0.25) is 24.2 Å². The first-order chi connectivity index (χ1) is 24.3. The van der Waals surface area contributed by atoms with Gasteiger partial charge in [-0.1, -0.05) is 0 Å². The average molecular weight is 703 g/mol. The largest absolute Gasteiger partial charge is 0.481 e. The summed E-state index contributed by atoms with van der Waals surface area (Å²) >= 11 is 0. The van der Waals surface area contributed by atoms with Crippen LogP contribution in [0.2, 0.25) is 0 Å². The van der Waals surface area contributed by atoms with Crippen LogP contribution in [0, 0.1) is 6.92 Å². The number of aryl methyl sites for hydroxylation is 1. The lowest BCUT2D eigenvalue weighted by Crippen LogP contribution is -2.41. The van der Waals surface area contributed by atoms with Gasteiger partial charge in [-0.05, 0) is 37.6 Å². The number of anilines is 3. The first kappa shape index (κ1) is 36.3. The summed E-state index contributed by atoms with van der Waals surface area (Å²) in [5, 5.41) is 23.3. The minimum absolute atomic E-state index is 0.0101. The number of H-pyrrole nitrogens is 4. The van der Waals surface area contributed by atoms with Crippen molar-refractivity contribution in [3.05, 3.63) is 97.3 Å². The van der Waals surface area contributed by atoms with E-state index in [0.29, 0.717) is 40.2 Å². The van der Waals surface area contributed by atoms with E-state index < -0.39 is 29.6 Å². The van der Waals surface area contributed by atoms with Crippen LogP contribution in [0.4, 0.5) is 17.5 Å². The number of carbonyl (C=O) groups excluding carboxylic acids is 1. The fourth-order valence-electron chi connectivity index (χ4n) is 4.02. The van der Waals surface area contributed by atoms with Crippen molar-refractivity contribution in [1.29, 1.82) is 0 Å². The van der Waals surface area contributed by atoms with E-state index >= 15 is 0 Å². The molecule has 22 heteroatoms. The number of imidazole rings is 1. The van der Waals surface area contributed by atoms with Gasteiger partial charge in [-0.25, -0.2) is 29.5 Å². The molecule has 5 heterocycles. The van der Waals surface area contributed by atoms with Gasteiger partial charge in [0.2, 0.25) is 5.95 Å². The first-order valence-corrected chi connectivity index (χ1v) is 14.6. The van der Waals surface area contributed by atoms with Gasteiger partial charge >= 0.3 is 17.6 Å². The van der Waals surface area contributed by atoms with Gasteiger partial charge in [0.1, 0.15) is 6.04 Å². The van der Waals surface area contributed by atoms with Crippen LogP contribution < -0.4 is 38.9 Å². The fraction of sp³-hybridized carbons (Fsp3) is 0.172. The third kappa shape index (κ3) is 10.2. The summed E-state index contributed by atoms with van der Waals surface area (Å²) in [6, 6.07) is 4.99. The number of nitrogen functional groups attached to an aromatic ring is 2. The van der Waals surface area contributed by atoms with Crippen LogP contribution in [-0.2, 0) is 16.1 Å². The number of amides is 1. The Bertz CT molecular complexity index is 2350. The number of aromatic nitrogens is 10. The third-order valence-electron chi connectivity index (χ3n) is 6.61. The number of aromatic amines is 4. The zero-order valence-corrected chi connectivity index (χ0v) is 26.5. The average Bonchev–Trinajstić information content (AvgIpc) is 3.59. The van der Waals surface area contributed by atoms with Crippen molar-refractivity contribution in [2.75, 3.05) is 16.8 Å². The second kappa shape index (κ2) is 16.5. The highest BCUT2D eigenvalue weighted by Gasteiger charge is 2.21. The van der Waals surface area contributed by atoms with E-state index in [1.165, 1.54) is 37.2 Å². The van der Waals surface area contributed by atoms with Crippen molar-refractivity contribution >= 4 is 57.6 Å². The Hall–Kier alpha value is -7.52. The maximum atomic E-state index is 12.3. The lowest BCUT2D eigenvalue weighted by atomic mass is 10.1. The van der Waals surface area contributed by atoms with Crippen molar-refractivity contribution in [2.24, 2.45) is 0 Å². The number of nitrogens with one attached hydrogen (secondary N) is 6. The maximum absolute atomic E-state index is 12.3. The van der Waals surface area contributed by atoms with Crippen LogP contribution in [0.25, 0.3) is 22.3 Å². The highest BCUT2D eigenvalue weighted by molar-refractivity contribution is 5.97. The molecule has 1 aromatic carbocycles. The first-order valence-electron chi connectivity index (χ1n) is 14.6. The molecule has 51 heavy (non-hydrogen) atoms. The molecule has 1 atom stereocenters. The van der Waals surface area contributed by atoms with Crippen molar-refractivity contribution in [3.8, 4) is 0 Å². The van der Waals surface area contributed by atoms with E-state index in [1.54, 1.807) is 19.1 Å². The molecule has 0 fully saturated rings. The Labute approximate surface area is 283 Å². The Morgan fingerprint density at radius 2 is 1.59 bits per heavy atom. The summed E-state index contributed by atoms with van der Waals surface area (Å²) in [5.74, 6) is -2.93. The van der Waals surface area contributed by atoms with Gasteiger partial charge in [0, 0.05) is 29.4 Å². The highest BCUT2D eigenvalue weighted by Crippen LogP contribution is 2.16. The van der Waals surface area contributed by atoms with Crippen molar-refractivity contribution in [2.45, 2.75) is 32.4 Å². The second-order valence-corrected chi connectivity index (χ2v) is 10.3. The molecule has 1 unspecified atom stereocenters. The van der Waals surface area contributed by atoms with E-state index in [-0.39, 0.29) is 46.9 Å². The number of aliphatic carboxylic acids is 2. The van der Waals surface area contributed by atoms with Gasteiger partial charge in [0.25, 0.3) is 17.0 Å². The van der Waals surface area contributed by atoms with E-state index in [4.69, 9.17) is 21.7 Å². The number of fused-ring (bicyclic) bond motifs is 2. The molecule has 6 rings (SSSR count). The molecule has 6 aromatic rings. The van der Waals surface area contributed by atoms with Gasteiger partial charge in [-0.15, -0.1) is 0 Å². The number of benzene rings is 1. The molecular formula is C29H30N14O8. The van der Waals surface area contributed by atoms with E-state index in [9.17, 15) is 28.8 Å².